The Balaban J connectivity index is 2.24. The molecular formula is C12H16BrNS. The maximum absolute atomic E-state index is 6.25. The van der Waals surface area contributed by atoms with Crippen LogP contribution in [0.25, 0.3) is 0 Å². The smallest absolute Gasteiger partial charge is 0.0210 e. The Bertz CT molecular complexity index is 329. The molecule has 0 amide bonds. The van der Waals surface area contributed by atoms with Crippen LogP contribution < -0.4 is 5.73 Å². The van der Waals surface area contributed by atoms with Crippen molar-refractivity contribution in [2.24, 2.45) is 5.73 Å². The largest absolute Gasteiger partial charge is 0.327 e. The lowest BCUT2D eigenvalue weighted by atomic mass is 9.88. The van der Waals surface area contributed by atoms with E-state index in [0.717, 1.165) is 6.42 Å². The van der Waals surface area contributed by atoms with Crippen molar-refractivity contribution in [3.8, 4) is 0 Å². The summed E-state index contributed by atoms with van der Waals surface area (Å²) in [5.74, 6) is 2.97. The first-order chi connectivity index (χ1) is 7.29. The second-order valence-corrected chi connectivity index (χ2v) is 6.06. The van der Waals surface area contributed by atoms with Gasteiger partial charge < -0.3 is 5.73 Å². The van der Waals surface area contributed by atoms with Crippen molar-refractivity contribution >= 4 is 27.7 Å². The van der Waals surface area contributed by atoms with Crippen LogP contribution in [0.2, 0.25) is 0 Å². The molecule has 2 N–H and O–H groups in total. The van der Waals surface area contributed by atoms with E-state index >= 15 is 0 Å². The molecule has 3 heteroatoms. The quantitative estimate of drug-likeness (QED) is 0.856. The van der Waals surface area contributed by atoms with Gasteiger partial charge in [0.1, 0.15) is 0 Å². The average Bonchev–Trinajstić information content (AvgIpc) is 2.44. The van der Waals surface area contributed by atoms with Crippen molar-refractivity contribution in [3.05, 3.63) is 34.3 Å². The fraction of sp³-hybridized carbons (Fsp3) is 0.500. The lowest BCUT2D eigenvalue weighted by Crippen LogP contribution is -2.28. The molecule has 2 atom stereocenters. The molecule has 1 aliphatic rings. The first-order valence-electron chi connectivity index (χ1n) is 5.37. The molecular weight excluding hydrogens is 270 g/mol. The van der Waals surface area contributed by atoms with E-state index < -0.39 is 0 Å². The summed E-state index contributed by atoms with van der Waals surface area (Å²) >= 11 is 5.65. The molecule has 1 heterocycles. The summed E-state index contributed by atoms with van der Waals surface area (Å²) in [5.41, 5.74) is 7.63. The summed E-state index contributed by atoms with van der Waals surface area (Å²) < 4.78 is 1.21. The van der Waals surface area contributed by atoms with E-state index in [-0.39, 0.29) is 0 Å². The third-order valence-electron chi connectivity index (χ3n) is 2.99. The Labute approximate surface area is 104 Å². The van der Waals surface area contributed by atoms with Crippen molar-refractivity contribution < 1.29 is 0 Å². The molecule has 1 saturated heterocycles. The highest BCUT2D eigenvalue weighted by atomic mass is 79.9. The molecule has 1 aromatic rings. The van der Waals surface area contributed by atoms with E-state index in [1.54, 1.807) is 0 Å². The summed E-state index contributed by atoms with van der Waals surface area (Å²) in [7, 11) is 0. The Morgan fingerprint density at radius 2 is 1.93 bits per heavy atom. The zero-order chi connectivity index (χ0) is 10.7. The summed E-state index contributed by atoms with van der Waals surface area (Å²) in [6, 6.07) is 8.79. The van der Waals surface area contributed by atoms with E-state index in [1.807, 2.05) is 11.8 Å². The second kappa shape index (κ2) is 5.37. The molecule has 0 radical (unpaired) electrons. The fourth-order valence-electron chi connectivity index (χ4n) is 2.11. The van der Waals surface area contributed by atoms with Crippen LogP contribution in [0.15, 0.2) is 28.7 Å². The monoisotopic (exact) mass is 285 g/mol. The number of nitrogens with two attached hydrogens (primary N) is 1. The molecule has 0 spiro atoms. The van der Waals surface area contributed by atoms with Gasteiger partial charge in [0, 0.05) is 16.4 Å². The van der Waals surface area contributed by atoms with Gasteiger partial charge in [0.05, 0.1) is 0 Å². The van der Waals surface area contributed by atoms with Crippen molar-refractivity contribution in [3.63, 3.8) is 0 Å². The Morgan fingerprint density at radius 3 is 2.73 bits per heavy atom. The number of hydrogen-bond acceptors (Lipinski definition) is 2. The number of thioether (sulfide) groups is 1. The Morgan fingerprint density at radius 1 is 1.20 bits per heavy atom. The number of rotatable bonds is 1. The third kappa shape index (κ3) is 2.77. The number of halogens is 1. The fourth-order valence-corrected chi connectivity index (χ4v) is 3.75. The van der Waals surface area contributed by atoms with Gasteiger partial charge in [-0.3, -0.25) is 0 Å². The Kier molecular flexibility index (Phi) is 4.12. The summed E-state index contributed by atoms with van der Waals surface area (Å²) in [6.45, 7) is 0. The minimum atomic E-state index is 0.318. The maximum atomic E-state index is 6.25. The normalized spacial score (nSPS) is 27.3. The molecule has 0 aliphatic carbocycles. The van der Waals surface area contributed by atoms with Crippen molar-refractivity contribution in [2.45, 2.75) is 24.8 Å². The van der Waals surface area contributed by atoms with Crippen LogP contribution in [-0.2, 0) is 0 Å². The first kappa shape index (κ1) is 11.5. The predicted molar refractivity (Wildman–Crippen MR) is 71.4 cm³/mol. The summed E-state index contributed by atoms with van der Waals surface area (Å²) in [6.07, 6.45) is 2.34. The zero-order valence-electron chi connectivity index (χ0n) is 8.66. The molecule has 2 unspecified atom stereocenters. The van der Waals surface area contributed by atoms with E-state index in [2.05, 4.69) is 40.2 Å². The average molecular weight is 286 g/mol. The number of benzene rings is 1. The molecule has 0 saturated carbocycles. The third-order valence-corrected chi connectivity index (χ3v) is 4.76. The molecule has 2 rings (SSSR count). The molecule has 15 heavy (non-hydrogen) atoms. The molecule has 0 aromatic heterocycles. The topological polar surface area (TPSA) is 26.0 Å². The molecule has 1 nitrogen and oxygen atoms in total. The van der Waals surface area contributed by atoms with Crippen LogP contribution >= 0.6 is 27.7 Å². The van der Waals surface area contributed by atoms with Crippen LogP contribution in [-0.4, -0.2) is 17.5 Å². The minimum absolute atomic E-state index is 0.318. The van der Waals surface area contributed by atoms with E-state index in [9.17, 15) is 0 Å². The van der Waals surface area contributed by atoms with Gasteiger partial charge in [-0.2, -0.15) is 11.8 Å². The van der Waals surface area contributed by atoms with Gasteiger partial charge in [-0.05, 0) is 36.0 Å². The highest BCUT2D eigenvalue weighted by molar-refractivity contribution is 9.10. The SMILES string of the molecule is NC1CCSCCC1c1ccccc1Br. The van der Waals surface area contributed by atoms with Gasteiger partial charge >= 0.3 is 0 Å². The van der Waals surface area contributed by atoms with E-state index in [0.29, 0.717) is 12.0 Å². The van der Waals surface area contributed by atoms with Crippen molar-refractivity contribution in [2.75, 3.05) is 11.5 Å². The van der Waals surface area contributed by atoms with Crippen molar-refractivity contribution in [1.82, 2.24) is 0 Å². The maximum Gasteiger partial charge on any atom is 0.0210 e. The predicted octanol–water partition coefficient (Wildman–Crippen LogP) is 3.39. The van der Waals surface area contributed by atoms with Gasteiger partial charge in [-0.25, -0.2) is 0 Å². The van der Waals surface area contributed by atoms with Crippen LogP contribution in [0.3, 0.4) is 0 Å². The van der Waals surface area contributed by atoms with Crippen molar-refractivity contribution in [1.29, 1.82) is 0 Å². The first-order valence-corrected chi connectivity index (χ1v) is 7.31. The Hall–Kier alpha value is 0.01000. The van der Waals surface area contributed by atoms with E-state index in [4.69, 9.17) is 5.73 Å². The highest BCUT2D eigenvalue weighted by Crippen LogP contribution is 2.33. The molecule has 0 bridgehead atoms. The summed E-state index contributed by atoms with van der Waals surface area (Å²) in [5, 5.41) is 0. The molecule has 82 valence electrons. The molecule has 1 aromatic carbocycles. The van der Waals surface area contributed by atoms with Crippen LogP contribution in [0.4, 0.5) is 0 Å². The van der Waals surface area contributed by atoms with Gasteiger partial charge in [0.15, 0.2) is 0 Å². The van der Waals surface area contributed by atoms with Gasteiger partial charge in [0.25, 0.3) is 0 Å². The van der Waals surface area contributed by atoms with Gasteiger partial charge in [-0.1, -0.05) is 34.1 Å². The van der Waals surface area contributed by atoms with Crippen LogP contribution in [0, 0.1) is 0 Å². The van der Waals surface area contributed by atoms with E-state index in [1.165, 1.54) is 28.0 Å². The lowest BCUT2D eigenvalue weighted by molar-refractivity contribution is 0.517. The van der Waals surface area contributed by atoms with Crippen LogP contribution in [0.5, 0.6) is 0 Å². The van der Waals surface area contributed by atoms with Crippen LogP contribution in [0.1, 0.15) is 24.3 Å². The number of hydrogen-bond donors (Lipinski definition) is 1. The minimum Gasteiger partial charge on any atom is -0.327 e. The highest BCUT2D eigenvalue weighted by Gasteiger charge is 2.23. The molecule has 1 aliphatic heterocycles. The zero-order valence-corrected chi connectivity index (χ0v) is 11.1. The van der Waals surface area contributed by atoms with Gasteiger partial charge in [0.2, 0.25) is 0 Å². The molecule has 1 fully saturated rings. The van der Waals surface area contributed by atoms with Gasteiger partial charge in [-0.15, -0.1) is 0 Å². The standard InChI is InChI=1S/C12H16BrNS/c13-11-4-2-1-3-9(11)10-5-7-15-8-6-12(10)14/h1-4,10,12H,5-8,14H2. The summed E-state index contributed by atoms with van der Waals surface area (Å²) in [4.78, 5) is 0. The second-order valence-electron chi connectivity index (χ2n) is 3.98. The lowest BCUT2D eigenvalue weighted by Gasteiger charge is -2.22.